The number of hydrogen-bond acceptors (Lipinski definition) is 4. The fraction of sp³-hybridized carbons (Fsp3) is 0.174. The molecule has 0 saturated carbocycles. The Balaban J connectivity index is 1.56. The van der Waals surface area contributed by atoms with Crippen molar-refractivity contribution in [2.45, 2.75) is 29.3 Å². The van der Waals surface area contributed by atoms with Crippen LogP contribution in [0.25, 0.3) is 11.3 Å². The number of urea groups is 1. The van der Waals surface area contributed by atoms with Gasteiger partial charge in [-0.15, -0.1) is 0 Å². The minimum atomic E-state index is -4.42. The van der Waals surface area contributed by atoms with Crippen LogP contribution < -0.4 is 10.2 Å². The number of halogens is 4. The third kappa shape index (κ3) is 4.99. The minimum Gasteiger partial charge on any atom is -0.323 e. The SMILES string of the molecule is CC1(Cc2ccnc(-c3ccccc3Cl)c2)NC(=O)N(c2ccc(SC(F)(F)F)cc2)C1=O. The number of hydrogen-bond donors (Lipinski definition) is 1. The summed E-state index contributed by atoms with van der Waals surface area (Å²) in [5.41, 5.74) is -3.34. The van der Waals surface area contributed by atoms with Crippen LogP contribution >= 0.6 is 23.4 Å². The van der Waals surface area contributed by atoms with Crippen molar-refractivity contribution in [2.24, 2.45) is 0 Å². The van der Waals surface area contributed by atoms with Crippen LogP contribution in [0.1, 0.15) is 12.5 Å². The number of benzene rings is 2. The zero-order valence-electron chi connectivity index (χ0n) is 17.2. The summed E-state index contributed by atoms with van der Waals surface area (Å²) in [6.07, 6.45) is 1.80. The summed E-state index contributed by atoms with van der Waals surface area (Å²) < 4.78 is 37.7. The lowest BCUT2D eigenvalue weighted by Gasteiger charge is -2.22. The van der Waals surface area contributed by atoms with Gasteiger partial charge in [-0.2, -0.15) is 13.2 Å². The van der Waals surface area contributed by atoms with Crippen LogP contribution in [-0.2, 0) is 11.2 Å². The van der Waals surface area contributed by atoms with Crippen LogP contribution in [0.3, 0.4) is 0 Å². The fourth-order valence-corrected chi connectivity index (χ4v) is 4.42. The number of thioether (sulfide) groups is 1. The summed E-state index contributed by atoms with van der Waals surface area (Å²) in [6.45, 7) is 1.61. The highest BCUT2D eigenvalue weighted by Crippen LogP contribution is 2.38. The first-order valence-corrected chi connectivity index (χ1v) is 11.0. The average molecular weight is 492 g/mol. The molecule has 1 atom stereocenters. The molecule has 1 saturated heterocycles. The fourth-order valence-electron chi connectivity index (χ4n) is 3.64. The van der Waals surface area contributed by atoms with E-state index in [1.165, 1.54) is 24.3 Å². The van der Waals surface area contributed by atoms with E-state index >= 15 is 0 Å². The summed E-state index contributed by atoms with van der Waals surface area (Å²) in [5.74, 6) is -0.500. The number of aromatic nitrogens is 1. The molecule has 33 heavy (non-hydrogen) atoms. The number of amides is 3. The van der Waals surface area contributed by atoms with Crippen molar-refractivity contribution in [3.8, 4) is 11.3 Å². The molecule has 1 aromatic heterocycles. The largest absolute Gasteiger partial charge is 0.446 e. The zero-order valence-corrected chi connectivity index (χ0v) is 18.8. The molecule has 0 aliphatic carbocycles. The molecule has 0 spiro atoms. The van der Waals surface area contributed by atoms with Gasteiger partial charge in [0, 0.05) is 28.1 Å². The van der Waals surface area contributed by atoms with Gasteiger partial charge in [0.05, 0.1) is 11.4 Å². The Morgan fingerprint density at radius 3 is 2.45 bits per heavy atom. The number of alkyl halides is 3. The van der Waals surface area contributed by atoms with Crippen molar-refractivity contribution < 1.29 is 22.8 Å². The lowest BCUT2D eigenvalue weighted by molar-refractivity contribution is -0.121. The smallest absolute Gasteiger partial charge is 0.323 e. The summed E-state index contributed by atoms with van der Waals surface area (Å²) in [6, 6.07) is 15.2. The number of nitrogens with zero attached hydrogens (tertiary/aromatic N) is 2. The van der Waals surface area contributed by atoms with Gasteiger partial charge in [-0.05, 0) is 66.7 Å². The van der Waals surface area contributed by atoms with Crippen LogP contribution in [0, 0.1) is 0 Å². The number of anilines is 1. The van der Waals surface area contributed by atoms with Gasteiger partial charge in [0.25, 0.3) is 5.91 Å². The molecule has 0 bridgehead atoms. The van der Waals surface area contributed by atoms with E-state index < -0.39 is 23.0 Å². The Morgan fingerprint density at radius 1 is 1.09 bits per heavy atom. The van der Waals surface area contributed by atoms with Gasteiger partial charge >= 0.3 is 11.5 Å². The predicted octanol–water partition coefficient (Wildman–Crippen LogP) is 6.07. The molecule has 2 aromatic carbocycles. The molecule has 10 heteroatoms. The summed E-state index contributed by atoms with van der Waals surface area (Å²) in [4.78, 5) is 31.1. The van der Waals surface area contributed by atoms with E-state index in [2.05, 4.69) is 10.3 Å². The minimum absolute atomic E-state index is 0.0371. The molecule has 1 N–H and O–H groups in total. The molecule has 170 valence electrons. The Kier molecular flexibility index (Phi) is 6.11. The second-order valence-corrected chi connectivity index (χ2v) is 9.20. The van der Waals surface area contributed by atoms with Crippen molar-refractivity contribution >= 4 is 41.0 Å². The van der Waals surface area contributed by atoms with Crippen molar-refractivity contribution in [3.05, 3.63) is 77.4 Å². The Bertz CT molecular complexity index is 1220. The summed E-state index contributed by atoms with van der Waals surface area (Å²) in [7, 11) is 0. The van der Waals surface area contributed by atoms with Crippen LogP contribution in [-0.4, -0.2) is 28.0 Å². The second-order valence-electron chi connectivity index (χ2n) is 7.65. The molecule has 5 nitrogen and oxygen atoms in total. The van der Waals surface area contributed by atoms with Crippen LogP contribution in [0.5, 0.6) is 0 Å². The quantitative estimate of drug-likeness (QED) is 0.347. The molecule has 3 aromatic rings. The van der Waals surface area contributed by atoms with Crippen molar-refractivity contribution in [1.82, 2.24) is 10.3 Å². The lowest BCUT2D eigenvalue weighted by atomic mass is 9.92. The first-order chi connectivity index (χ1) is 15.6. The topological polar surface area (TPSA) is 62.3 Å². The molecule has 1 unspecified atom stereocenters. The maximum atomic E-state index is 13.2. The molecule has 1 aliphatic rings. The van der Waals surface area contributed by atoms with Crippen molar-refractivity contribution in [1.29, 1.82) is 0 Å². The molecular formula is C23H17ClF3N3O2S. The highest BCUT2D eigenvalue weighted by Gasteiger charge is 2.48. The van der Waals surface area contributed by atoms with Crippen molar-refractivity contribution in [3.63, 3.8) is 0 Å². The van der Waals surface area contributed by atoms with Gasteiger partial charge in [0.15, 0.2) is 0 Å². The molecular weight excluding hydrogens is 475 g/mol. The second kappa shape index (κ2) is 8.72. The number of carbonyl (C=O) groups excluding carboxylic acids is 2. The van der Waals surface area contributed by atoms with E-state index in [4.69, 9.17) is 11.6 Å². The molecule has 2 heterocycles. The highest BCUT2D eigenvalue weighted by atomic mass is 35.5. The first-order valence-electron chi connectivity index (χ1n) is 9.78. The molecule has 1 aliphatic heterocycles. The standard InChI is InChI=1S/C23H17ClF3N3O2S/c1-22(13-14-10-11-28-19(12-14)17-4-2-3-5-18(17)24)20(31)30(21(32)29-22)15-6-8-16(9-7-15)33-23(25,26)27/h2-12H,13H2,1H3,(H,29,32). The van der Waals surface area contributed by atoms with E-state index in [-0.39, 0.29) is 28.8 Å². The van der Waals surface area contributed by atoms with Crippen LogP contribution in [0.2, 0.25) is 5.02 Å². The highest BCUT2D eigenvalue weighted by molar-refractivity contribution is 8.00. The zero-order chi connectivity index (χ0) is 23.8. The maximum Gasteiger partial charge on any atom is 0.446 e. The Labute approximate surface area is 197 Å². The van der Waals surface area contributed by atoms with E-state index in [9.17, 15) is 22.8 Å². The average Bonchev–Trinajstić information content (AvgIpc) is 2.96. The summed E-state index contributed by atoms with van der Waals surface area (Å²) in [5, 5.41) is 3.25. The monoisotopic (exact) mass is 491 g/mol. The molecule has 4 rings (SSSR count). The van der Waals surface area contributed by atoms with E-state index in [1.807, 2.05) is 18.2 Å². The van der Waals surface area contributed by atoms with Crippen molar-refractivity contribution in [2.75, 3.05) is 4.90 Å². The molecule has 1 fully saturated rings. The third-order valence-corrected chi connectivity index (χ3v) is 6.19. The van der Waals surface area contributed by atoms with Gasteiger partial charge in [-0.1, -0.05) is 29.8 Å². The van der Waals surface area contributed by atoms with Crippen LogP contribution in [0.15, 0.2) is 71.8 Å². The number of imide groups is 1. The number of rotatable bonds is 5. The maximum absolute atomic E-state index is 13.2. The van der Waals surface area contributed by atoms with E-state index in [0.29, 0.717) is 10.7 Å². The lowest BCUT2D eigenvalue weighted by Crippen LogP contribution is -2.46. The van der Waals surface area contributed by atoms with Gasteiger partial charge < -0.3 is 5.32 Å². The van der Waals surface area contributed by atoms with Gasteiger partial charge in [-0.25, -0.2) is 9.69 Å². The Hall–Kier alpha value is -3.04. The van der Waals surface area contributed by atoms with Gasteiger partial charge in [0.1, 0.15) is 5.54 Å². The van der Waals surface area contributed by atoms with Crippen LogP contribution in [0.4, 0.5) is 23.7 Å². The summed E-state index contributed by atoms with van der Waals surface area (Å²) >= 11 is 6.00. The number of carbonyl (C=O) groups is 2. The number of nitrogens with one attached hydrogen (secondary N) is 1. The first kappa shape index (κ1) is 23.1. The predicted molar refractivity (Wildman–Crippen MR) is 121 cm³/mol. The van der Waals surface area contributed by atoms with E-state index in [1.54, 1.807) is 31.3 Å². The molecule has 0 radical (unpaired) electrons. The van der Waals surface area contributed by atoms with Gasteiger partial charge in [0.2, 0.25) is 0 Å². The van der Waals surface area contributed by atoms with E-state index in [0.717, 1.165) is 16.0 Å². The van der Waals surface area contributed by atoms with Gasteiger partial charge in [-0.3, -0.25) is 9.78 Å². The molecule has 3 amide bonds. The Morgan fingerprint density at radius 2 is 1.79 bits per heavy atom. The normalized spacial score (nSPS) is 18.5. The third-order valence-electron chi connectivity index (χ3n) is 5.12. The number of pyridine rings is 1.